The van der Waals surface area contributed by atoms with Crippen molar-refractivity contribution in [3.05, 3.63) is 83.9 Å². The lowest BCUT2D eigenvalue weighted by atomic mass is 9.99. The molecule has 0 saturated heterocycles. The number of pyridine rings is 1. The van der Waals surface area contributed by atoms with Crippen molar-refractivity contribution in [2.45, 2.75) is 11.3 Å². The monoisotopic (exact) mass is 349 g/mol. The number of hydrogen-bond acceptors (Lipinski definition) is 3. The molecule has 0 fully saturated rings. The smallest absolute Gasteiger partial charge is 0.282 e. The zero-order valence-corrected chi connectivity index (χ0v) is 14.1. The van der Waals surface area contributed by atoms with Gasteiger partial charge in [0.25, 0.3) is 10.1 Å². The van der Waals surface area contributed by atoms with E-state index in [1.165, 1.54) is 12.1 Å². The van der Waals surface area contributed by atoms with Crippen LogP contribution >= 0.6 is 0 Å². The summed E-state index contributed by atoms with van der Waals surface area (Å²) in [5.74, 6) is 0. The van der Waals surface area contributed by atoms with Crippen molar-refractivity contribution in [2.75, 3.05) is 0 Å². The standard InChI is InChI=1S/C20H15NO3S/c22-25(23,24)17-10-8-14(9-11-17)12-15-5-3-7-20-18(15)13-16-4-1-2-6-19(16)21-20/h1-11,13H,12H2,(H,22,23,24). The van der Waals surface area contributed by atoms with Crippen LogP contribution in [0.1, 0.15) is 11.1 Å². The molecular formula is C20H15NO3S. The molecule has 0 radical (unpaired) electrons. The Labute approximate surface area is 145 Å². The minimum atomic E-state index is -4.16. The Hall–Kier alpha value is -2.76. The lowest BCUT2D eigenvalue weighted by Crippen LogP contribution is -1.98. The number of fused-ring (bicyclic) bond motifs is 2. The van der Waals surface area contributed by atoms with Crippen molar-refractivity contribution in [3.8, 4) is 0 Å². The minimum Gasteiger partial charge on any atom is -0.282 e. The van der Waals surface area contributed by atoms with E-state index < -0.39 is 10.1 Å². The molecule has 0 atom stereocenters. The molecule has 25 heavy (non-hydrogen) atoms. The number of rotatable bonds is 3. The number of para-hydroxylation sites is 1. The van der Waals surface area contributed by atoms with Gasteiger partial charge >= 0.3 is 0 Å². The van der Waals surface area contributed by atoms with E-state index in [0.717, 1.165) is 32.9 Å². The van der Waals surface area contributed by atoms with Gasteiger partial charge in [-0.15, -0.1) is 0 Å². The molecule has 0 aliphatic heterocycles. The van der Waals surface area contributed by atoms with Crippen molar-refractivity contribution in [1.29, 1.82) is 0 Å². The van der Waals surface area contributed by atoms with Gasteiger partial charge < -0.3 is 0 Å². The van der Waals surface area contributed by atoms with Gasteiger partial charge in [-0.3, -0.25) is 4.55 Å². The SMILES string of the molecule is O=S(=O)(O)c1ccc(Cc2cccc3nc4ccccc4cc23)cc1. The summed E-state index contributed by atoms with van der Waals surface area (Å²) in [5.41, 5.74) is 3.99. The molecule has 0 spiro atoms. The second kappa shape index (κ2) is 5.95. The molecule has 4 aromatic rings. The van der Waals surface area contributed by atoms with Gasteiger partial charge in [0, 0.05) is 10.8 Å². The largest absolute Gasteiger partial charge is 0.294 e. The lowest BCUT2D eigenvalue weighted by molar-refractivity contribution is 0.483. The molecule has 0 saturated carbocycles. The fraction of sp³-hybridized carbons (Fsp3) is 0.0500. The Morgan fingerprint density at radius 1 is 0.840 bits per heavy atom. The van der Waals surface area contributed by atoms with E-state index >= 15 is 0 Å². The van der Waals surface area contributed by atoms with E-state index in [2.05, 4.69) is 12.1 Å². The average Bonchev–Trinajstić information content (AvgIpc) is 2.60. The van der Waals surface area contributed by atoms with E-state index in [-0.39, 0.29) is 4.90 Å². The molecule has 1 aromatic heterocycles. The molecule has 0 aliphatic rings. The highest BCUT2D eigenvalue weighted by Crippen LogP contribution is 2.25. The molecule has 1 heterocycles. The molecule has 0 unspecified atom stereocenters. The predicted molar refractivity (Wildman–Crippen MR) is 98.3 cm³/mol. The van der Waals surface area contributed by atoms with Crippen molar-refractivity contribution >= 4 is 31.9 Å². The third kappa shape index (κ3) is 3.12. The van der Waals surface area contributed by atoms with E-state index in [1.807, 2.05) is 36.4 Å². The Kier molecular flexibility index (Phi) is 3.75. The maximum absolute atomic E-state index is 11.1. The summed E-state index contributed by atoms with van der Waals surface area (Å²) < 4.78 is 31.4. The van der Waals surface area contributed by atoms with Crippen LogP contribution in [0.3, 0.4) is 0 Å². The van der Waals surface area contributed by atoms with Crippen LogP contribution in [-0.4, -0.2) is 18.0 Å². The fourth-order valence-corrected chi connectivity index (χ4v) is 3.49. The second-order valence-electron chi connectivity index (χ2n) is 5.96. The van der Waals surface area contributed by atoms with Gasteiger partial charge in [-0.25, -0.2) is 4.98 Å². The first-order chi connectivity index (χ1) is 12.0. The van der Waals surface area contributed by atoms with Crippen LogP contribution in [0.4, 0.5) is 0 Å². The Morgan fingerprint density at radius 3 is 2.32 bits per heavy atom. The molecule has 3 aromatic carbocycles. The molecule has 1 N–H and O–H groups in total. The van der Waals surface area contributed by atoms with Crippen molar-refractivity contribution in [1.82, 2.24) is 4.98 Å². The first-order valence-corrected chi connectivity index (χ1v) is 9.28. The van der Waals surface area contributed by atoms with Crippen LogP contribution in [0, 0.1) is 0 Å². The number of hydrogen-bond donors (Lipinski definition) is 1. The molecule has 0 aliphatic carbocycles. The zero-order valence-electron chi connectivity index (χ0n) is 13.3. The lowest BCUT2D eigenvalue weighted by Gasteiger charge is -2.08. The highest BCUT2D eigenvalue weighted by atomic mass is 32.2. The Morgan fingerprint density at radius 2 is 1.56 bits per heavy atom. The summed E-state index contributed by atoms with van der Waals surface area (Å²) >= 11 is 0. The Balaban J connectivity index is 1.77. The molecular weight excluding hydrogens is 334 g/mol. The Bertz CT molecular complexity index is 1180. The molecule has 5 heteroatoms. The summed E-state index contributed by atoms with van der Waals surface area (Å²) in [7, 11) is -4.16. The number of benzene rings is 3. The summed E-state index contributed by atoms with van der Waals surface area (Å²) in [6.07, 6.45) is 0.656. The van der Waals surface area contributed by atoms with Crippen molar-refractivity contribution < 1.29 is 13.0 Å². The van der Waals surface area contributed by atoms with Crippen molar-refractivity contribution in [2.24, 2.45) is 0 Å². The van der Waals surface area contributed by atoms with Crippen LogP contribution in [0.2, 0.25) is 0 Å². The summed E-state index contributed by atoms with van der Waals surface area (Å²) in [4.78, 5) is 4.62. The van der Waals surface area contributed by atoms with E-state index in [1.54, 1.807) is 12.1 Å². The summed E-state index contributed by atoms with van der Waals surface area (Å²) in [5, 5.41) is 2.17. The number of aromatic nitrogens is 1. The van der Waals surface area contributed by atoms with Crippen LogP contribution < -0.4 is 0 Å². The molecule has 0 amide bonds. The van der Waals surface area contributed by atoms with Gasteiger partial charge in [-0.1, -0.05) is 42.5 Å². The molecule has 4 rings (SSSR count). The molecule has 0 bridgehead atoms. The van der Waals surface area contributed by atoms with E-state index in [4.69, 9.17) is 9.54 Å². The van der Waals surface area contributed by atoms with Gasteiger partial charge in [0.05, 0.1) is 15.9 Å². The van der Waals surface area contributed by atoms with Crippen LogP contribution in [0.15, 0.2) is 77.7 Å². The van der Waals surface area contributed by atoms with Gasteiger partial charge in [0.2, 0.25) is 0 Å². The van der Waals surface area contributed by atoms with Gasteiger partial charge in [-0.05, 0) is 47.9 Å². The zero-order chi connectivity index (χ0) is 17.4. The van der Waals surface area contributed by atoms with Gasteiger partial charge in [0.1, 0.15) is 0 Å². The highest BCUT2D eigenvalue weighted by Gasteiger charge is 2.10. The average molecular weight is 349 g/mol. The fourth-order valence-electron chi connectivity index (χ4n) is 3.01. The van der Waals surface area contributed by atoms with E-state index in [9.17, 15) is 8.42 Å². The highest BCUT2D eigenvalue weighted by molar-refractivity contribution is 7.85. The summed E-state index contributed by atoms with van der Waals surface area (Å²) in [6, 6.07) is 22.4. The quantitative estimate of drug-likeness (QED) is 0.444. The topological polar surface area (TPSA) is 67.3 Å². The van der Waals surface area contributed by atoms with Gasteiger partial charge in [0.15, 0.2) is 0 Å². The first kappa shape index (κ1) is 15.7. The normalized spacial score (nSPS) is 11.9. The van der Waals surface area contributed by atoms with Crippen molar-refractivity contribution in [3.63, 3.8) is 0 Å². The molecule has 4 nitrogen and oxygen atoms in total. The predicted octanol–water partition coefficient (Wildman–Crippen LogP) is 4.23. The van der Waals surface area contributed by atoms with Crippen LogP contribution in [0.5, 0.6) is 0 Å². The third-order valence-corrected chi connectivity index (χ3v) is 5.13. The summed E-state index contributed by atoms with van der Waals surface area (Å²) in [6.45, 7) is 0. The van der Waals surface area contributed by atoms with Gasteiger partial charge in [-0.2, -0.15) is 8.42 Å². The molecule has 124 valence electrons. The maximum Gasteiger partial charge on any atom is 0.294 e. The second-order valence-corrected chi connectivity index (χ2v) is 7.38. The van der Waals surface area contributed by atoms with Crippen LogP contribution in [0.25, 0.3) is 21.8 Å². The first-order valence-electron chi connectivity index (χ1n) is 7.84. The van der Waals surface area contributed by atoms with E-state index in [0.29, 0.717) is 6.42 Å². The van der Waals surface area contributed by atoms with Crippen LogP contribution in [-0.2, 0) is 16.5 Å². The maximum atomic E-state index is 11.1. The minimum absolute atomic E-state index is 0.0955. The number of nitrogens with zero attached hydrogens (tertiary/aromatic N) is 1. The third-order valence-electron chi connectivity index (χ3n) is 4.27.